The molecule has 0 saturated carbocycles. The predicted molar refractivity (Wildman–Crippen MR) is 60.6 cm³/mol. The number of rotatable bonds is 4. The van der Waals surface area contributed by atoms with Crippen LogP contribution < -0.4 is 5.32 Å². The maximum atomic E-state index is 4.27. The van der Waals surface area contributed by atoms with E-state index < -0.39 is 0 Å². The molecule has 15 heavy (non-hydrogen) atoms. The maximum Gasteiger partial charge on any atom is 0.0925 e. The van der Waals surface area contributed by atoms with Gasteiger partial charge in [0.25, 0.3) is 0 Å². The lowest BCUT2D eigenvalue weighted by Gasteiger charge is -2.11. The summed E-state index contributed by atoms with van der Waals surface area (Å²) < 4.78 is 0. The van der Waals surface area contributed by atoms with Crippen LogP contribution in [0.15, 0.2) is 6.33 Å². The van der Waals surface area contributed by atoms with Crippen LogP contribution in [0, 0.1) is 12.8 Å². The van der Waals surface area contributed by atoms with Gasteiger partial charge in [0.15, 0.2) is 0 Å². The molecule has 0 aromatic carbocycles. The van der Waals surface area contributed by atoms with Gasteiger partial charge in [-0.2, -0.15) is 0 Å². The number of H-pyrrole nitrogens is 1. The van der Waals surface area contributed by atoms with Crippen LogP contribution in [-0.2, 0) is 6.54 Å². The fourth-order valence-corrected chi connectivity index (χ4v) is 2.15. The Morgan fingerprint density at radius 3 is 3.13 bits per heavy atom. The molecule has 0 bridgehead atoms. The number of aromatic amines is 1. The van der Waals surface area contributed by atoms with Crippen LogP contribution in [0.2, 0.25) is 0 Å². The summed E-state index contributed by atoms with van der Waals surface area (Å²) in [6.07, 6.45) is 3.08. The molecule has 0 spiro atoms. The Bertz CT molecular complexity index is 307. The van der Waals surface area contributed by atoms with Crippen LogP contribution >= 0.6 is 0 Å². The molecule has 84 valence electrons. The topological polar surface area (TPSA) is 44.0 Å². The van der Waals surface area contributed by atoms with E-state index in [1.807, 2.05) is 0 Å². The Morgan fingerprint density at radius 2 is 2.53 bits per heavy atom. The van der Waals surface area contributed by atoms with Crippen molar-refractivity contribution in [2.24, 2.45) is 5.92 Å². The molecule has 4 heteroatoms. The summed E-state index contributed by atoms with van der Waals surface area (Å²) in [6, 6.07) is 0. The largest absolute Gasteiger partial charge is 0.348 e. The Balaban J connectivity index is 1.69. The minimum absolute atomic E-state index is 0.814. The van der Waals surface area contributed by atoms with E-state index in [4.69, 9.17) is 0 Å². The molecule has 1 aromatic rings. The Morgan fingerprint density at radius 1 is 1.67 bits per heavy atom. The molecule has 2 rings (SSSR count). The van der Waals surface area contributed by atoms with Gasteiger partial charge in [-0.15, -0.1) is 0 Å². The fourth-order valence-electron chi connectivity index (χ4n) is 2.15. The van der Waals surface area contributed by atoms with Crippen molar-refractivity contribution in [1.29, 1.82) is 0 Å². The molecule has 1 aliphatic heterocycles. The van der Waals surface area contributed by atoms with Crippen molar-refractivity contribution in [3.8, 4) is 0 Å². The SMILES string of the molecule is Cc1[nH]cnc1CNCC1CCN(C)C1. The number of hydrogen-bond acceptors (Lipinski definition) is 3. The molecule has 4 nitrogen and oxygen atoms in total. The van der Waals surface area contributed by atoms with Crippen LogP contribution in [0.5, 0.6) is 0 Å². The van der Waals surface area contributed by atoms with Gasteiger partial charge in [0.2, 0.25) is 0 Å². The summed E-state index contributed by atoms with van der Waals surface area (Å²) in [5.74, 6) is 0.814. The summed E-state index contributed by atoms with van der Waals surface area (Å²) in [7, 11) is 2.19. The van der Waals surface area contributed by atoms with Gasteiger partial charge < -0.3 is 15.2 Å². The zero-order chi connectivity index (χ0) is 10.7. The lowest BCUT2D eigenvalue weighted by atomic mass is 10.1. The maximum absolute atomic E-state index is 4.27. The zero-order valence-corrected chi connectivity index (χ0v) is 9.58. The molecule has 1 aliphatic rings. The van der Waals surface area contributed by atoms with Gasteiger partial charge in [0.05, 0.1) is 12.0 Å². The van der Waals surface area contributed by atoms with Crippen LogP contribution in [0.1, 0.15) is 17.8 Å². The van der Waals surface area contributed by atoms with Gasteiger partial charge in [-0.25, -0.2) is 4.98 Å². The fraction of sp³-hybridized carbons (Fsp3) is 0.727. The van der Waals surface area contributed by atoms with E-state index in [0.29, 0.717) is 0 Å². The second-order valence-electron chi connectivity index (χ2n) is 4.52. The van der Waals surface area contributed by atoms with Crippen molar-refractivity contribution in [3.63, 3.8) is 0 Å². The highest BCUT2D eigenvalue weighted by Crippen LogP contribution is 2.13. The number of aryl methyl sites for hydroxylation is 1. The molecule has 1 saturated heterocycles. The summed E-state index contributed by atoms with van der Waals surface area (Å²) in [5.41, 5.74) is 2.31. The molecule has 0 radical (unpaired) electrons. The number of nitrogens with zero attached hydrogens (tertiary/aromatic N) is 2. The van der Waals surface area contributed by atoms with Gasteiger partial charge in [-0.05, 0) is 39.4 Å². The highest BCUT2D eigenvalue weighted by atomic mass is 15.1. The summed E-state index contributed by atoms with van der Waals surface area (Å²) >= 11 is 0. The third-order valence-corrected chi connectivity index (χ3v) is 3.15. The van der Waals surface area contributed by atoms with E-state index in [-0.39, 0.29) is 0 Å². The van der Waals surface area contributed by atoms with Crippen LogP contribution in [0.4, 0.5) is 0 Å². The number of aromatic nitrogens is 2. The third-order valence-electron chi connectivity index (χ3n) is 3.15. The van der Waals surface area contributed by atoms with Crippen LogP contribution in [-0.4, -0.2) is 41.5 Å². The number of nitrogens with one attached hydrogen (secondary N) is 2. The van der Waals surface area contributed by atoms with E-state index in [1.165, 1.54) is 25.2 Å². The summed E-state index contributed by atoms with van der Waals surface area (Å²) in [4.78, 5) is 9.76. The number of hydrogen-bond donors (Lipinski definition) is 2. The van der Waals surface area contributed by atoms with Crippen molar-refractivity contribution in [2.75, 3.05) is 26.7 Å². The third kappa shape index (κ3) is 2.79. The second-order valence-corrected chi connectivity index (χ2v) is 4.52. The smallest absolute Gasteiger partial charge is 0.0925 e. The lowest BCUT2D eigenvalue weighted by Crippen LogP contribution is -2.25. The van der Waals surface area contributed by atoms with Gasteiger partial charge in [-0.3, -0.25) is 0 Å². The first kappa shape index (κ1) is 10.6. The summed E-state index contributed by atoms with van der Waals surface area (Å²) in [5, 5.41) is 3.48. The van der Waals surface area contributed by atoms with Crippen molar-refractivity contribution in [1.82, 2.24) is 20.2 Å². The second kappa shape index (κ2) is 4.77. The quantitative estimate of drug-likeness (QED) is 0.768. The molecule has 1 aromatic heterocycles. The molecule has 2 N–H and O–H groups in total. The standard InChI is InChI=1S/C11H20N4/c1-9-11(14-8-13-9)6-12-5-10-3-4-15(2)7-10/h8,10,12H,3-7H2,1-2H3,(H,13,14). The van der Waals surface area contributed by atoms with Crippen LogP contribution in [0.25, 0.3) is 0 Å². The molecular formula is C11H20N4. The molecule has 1 unspecified atom stereocenters. The van der Waals surface area contributed by atoms with Gasteiger partial charge in [0.1, 0.15) is 0 Å². The first-order chi connectivity index (χ1) is 7.25. The van der Waals surface area contributed by atoms with Crippen molar-refractivity contribution in [2.45, 2.75) is 19.9 Å². The average Bonchev–Trinajstić information content (AvgIpc) is 2.77. The van der Waals surface area contributed by atoms with Gasteiger partial charge in [0, 0.05) is 18.8 Å². The first-order valence-corrected chi connectivity index (χ1v) is 5.64. The van der Waals surface area contributed by atoms with E-state index in [0.717, 1.165) is 24.7 Å². The minimum Gasteiger partial charge on any atom is -0.348 e. The highest BCUT2D eigenvalue weighted by molar-refractivity contribution is 5.07. The van der Waals surface area contributed by atoms with Gasteiger partial charge >= 0.3 is 0 Å². The van der Waals surface area contributed by atoms with Crippen molar-refractivity contribution in [3.05, 3.63) is 17.7 Å². The Kier molecular flexibility index (Phi) is 3.38. The summed E-state index contributed by atoms with van der Waals surface area (Å²) in [6.45, 7) is 6.53. The van der Waals surface area contributed by atoms with E-state index in [1.54, 1.807) is 6.33 Å². The monoisotopic (exact) mass is 208 g/mol. The molecular weight excluding hydrogens is 188 g/mol. The van der Waals surface area contributed by atoms with E-state index >= 15 is 0 Å². The van der Waals surface area contributed by atoms with Crippen molar-refractivity contribution < 1.29 is 0 Å². The molecule has 1 atom stereocenters. The normalized spacial score (nSPS) is 22.4. The number of imidazole rings is 1. The minimum atomic E-state index is 0.814. The molecule has 2 heterocycles. The highest BCUT2D eigenvalue weighted by Gasteiger charge is 2.18. The predicted octanol–water partition coefficient (Wildman–Crippen LogP) is 0.759. The van der Waals surface area contributed by atoms with Gasteiger partial charge in [-0.1, -0.05) is 0 Å². The van der Waals surface area contributed by atoms with E-state index in [9.17, 15) is 0 Å². The molecule has 1 fully saturated rings. The van der Waals surface area contributed by atoms with E-state index in [2.05, 4.69) is 34.2 Å². The Labute approximate surface area is 91.1 Å². The molecule has 0 amide bonds. The Hall–Kier alpha value is -0.870. The lowest BCUT2D eigenvalue weighted by molar-refractivity contribution is 0.388. The zero-order valence-electron chi connectivity index (χ0n) is 9.58. The van der Waals surface area contributed by atoms with Crippen LogP contribution in [0.3, 0.4) is 0 Å². The number of likely N-dealkylation sites (tertiary alicyclic amines) is 1. The first-order valence-electron chi connectivity index (χ1n) is 5.64. The average molecular weight is 208 g/mol. The van der Waals surface area contributed by atoms with Crippen molar-refractivity contribution >= 4 is 0 Å². The molecule has 0 aliphatic carbocycles.